The Kier molecular flexibility index (Phi) is 5.35. The van der Waals surface area contributed by atoms with E-state index in [9.17, 15) is 4.79 Å². The summed E-state index contributed by atoms with van der Waals surface area (Å²) in [6, 6.07) is 8.09. The smallest absolute Gasteiger partial charge is 0.311 e. The molecule has 1 aromatic rings. The van der Waals surface area contributed by atoms with Crippen molar-refractivity contribution >= 4 is 23.3 Å². The maximum absolute atomic E-state index is 12.8. The molecule has 2 saturated heterocycles. The minimum absolute atomic E-state index is 0.0109. The highest BCUT2D eigenvalue weighted by molar-refractivity contribution is 6.30. The molecule has 162 valence electrons. The average Bonchev–Trinajstić information content (AvgIpc) is 3.01. The number of carbonyl (C=O) groups is 1. The van der Waals surface area contributed by atoms with Crippen LogP contribution in [0.25, 0.3) is 0 Å². The van der Waals surface area contributed by atoms with Crippen LogP contribution < -0.4 is 4.90 Å². The molecule has 0 N–H and O–H groups in total. The standard InChI is InChI=1S/C25H33ClN2O2/c1-17-4-3-9-25(2)15-23-20(14-22(17)25)21(24(29)30-23)16-27-10-12-28(13-11-27)19-7-5-18(26)6-8-19/h5-8,14,17,20-21,23H,3-4,9-13,15-16H2,1-2H3. The number of fused-ring (bicyclic) bond motifs is 2. The number of hydrogen-bond acceptors (Lipinski definition) is 4. The molecule has 0 bridgehead atoms. The van der Waals surface area contributed by atoms with E-state index >= 15 is 0 Å². The molecule has 0 aromatic heterocycles. The third kappa shape index (κ3) is 3.67. The molecule has 4 aliphatic rings. The molecule has 5 heteroatoms. The first-order valence-electron chi connectivity index (χ1n) is 11.6. The zero-order chi connectivity index (χ0) is 20.9. The van der Waals surface area contributed by atoms with Crippen molar-refractivity contribution in [3.63, 3.8) is 0 Å². The summed E-state index contributed by atoms with van der Waals surface area (Å²) in [6.07, 6.45) is 7.38. The highest BCUT2D eigenvalue weighted by atomic mass is 35.5. The molecule has 0 amide bonds. The van der Waals surface area contributed by atoms with Crippen LogP contribution in [0, 0.1) is 23.2 Å². The highest BCUT2D eigenvalue weighted by Gasteiger charge is 2.52. The number of ether oxygens (including phenoxy) is 1. The number of carbonyl (C=O) groups excluding carboxylic acids is 1. The van der Waals surface area contributed by atoms with Gasteiger partial charge in [0.15, 0.2) is 0 Å². The summed E-state index contributed by atoms with van der Waals surface area (Å²) < 4.78 is 5.94. The van der Waals surface area contributed by atoms with Gasteiger partial charge in [0.25, 0.3) is 0 Å². The minimum atomic E-state index is -0.0109. The van der Waals surface area contributed by atoms with Crippen molar-refractivity contribution in [2.75, 3.05) is 37.6 Å². The van der Waals surface area contributed by atoms with Crippen LogP contribution in [-0.4, -0.2) is 49.7 Å². The van der Waals surface area contributed by atoms with Gasteiger partial charge in [-0.2, -0.15) is 0 Å². The molecule has 0 spiro atoms. The van der Waals surface area contributed by atoms with Gasteiger partial charge >= 0.3 is 5.97 Å². The van der Waals surface area contributed by atoms with E-state index in [-0.39, 0.29) is 29.3 Å². The van der Waals surface area contributed by atoms with Gasteiger partial charge in [0.1, 0.15) is 6.10 Å². The monoisotopic (exact) mass is 428 g/mol. The van der Waals surface area contributed by atoms with Gasteiger partial charge in [-0.1, -0.05) is 43.5 Å². The van der Waals surface area contributed by atoms with Crippen LogP contribution in [0.3, 0.4) is 0 Å². The van der Waals surface area contributed by atoms with Gasteiger partial charge in [-0.25, -0.2) is 0 Å². The molecule has 2 heterocycles. The van der Waals surface area contributed by atoms with E-state index in [0.29, 0.717) is 5.92 Å². The quantitative estimate of drug-likeness (QED) is 0.512. The first kappa shape index (κ1) is 20.4. The molecule has 5 unspecified atom stereocenters. The number of hydrogen-bond donors (Lipinski definition) is 0. The topological polar surface area (TPSA) is 32.8 Å². The molecule has 3 fully saturated rings. The maximum atomic E-state index is 12.8. The van der Waals surface area contributed by atoms with Crippen LogP contribution in [0.2, 0.25) is 5.02 Å². The largest absolute Gasteiger partial charge is 0.461 e. The Bertz CT molecular complexity index is 830. The van der Waals surface area contributed by atoms with Crippen LogP contribution in [-0.2, 0) is 9.53 Å². The van der Waals surface area contributed by atoms with Crippen molar-refractivity contribution in [3.05, 3.63) is 40.9 Å². The third-order valence-corrected chi connectivity index (χ3v) is 8.35. The molecule has 2 aliphatic heterocycles. The number of anilines is 1. The first-order chi connectivity index (χ1) is 14.4. The van der Waals surface area contributed by atoms with Crippen molar-refractivity contribution in [2.24, 2.45) is 23.2 Å². The fraction of sp³-hybridized carbons (Fsp3) is 0.640. The number of rotatable bonds is 3. The van der Waals surface area contributed by atoms with Crippen LogP contribution in [0.15, 0.2) is 35.9 Å². The van der Waals surface area contributed by atoms with Gasteiger partial charge in [0.05, 0.1) is 5.92 Å². The predicted octanol–water partition coefficient (Wildman–Crippen LogP) is 4.78. The second-order valence-electron chi connectivity index (χ2n) is 10.1. The van der Waals surface area contributed by atoms with Gasteiger partial charge in [-0.3, -0.25) is 9.69 Å². The van der Waals surface area contributed by atoms with E-state index in [1.807, 2.05) is 12.1 Å². The maximum Gasteiger partial charge on any atom is 0.311 e. The second kappa shape index (κ2) is 7.87. The summed E-state index contributed by atoms with van der Waals surface area (Å²) in [5.41, 5.74) is 3.06. The van der Waals surface area contributed by atoms with Gasteiger partial charge in [0, 0.05) is 49.4 Å². The highest BCUT2D eigenvalue weighted by Crippen LogP contribution is 2.54. The fourth-order valence-electron chi connectivity index (χ4n) is 6.38. The molecule has 4 nitrogen and oxygen atoms in total. The number of esters is 1. The Balaban J connectivity index is 1.25. The normalized spacial score (nSPS) is 36.7. The average molecular weight is 429 g/mol. The summed E-state index contributed by atoms with van der Waals surface area (Å²) >= 11 is 6.02. The van der Waals surface area contributed by atoms with Gasteiger partial charge < -0.3 is 9.64 Å². The lowest BCUT2D eigenvalue weighted by atomic mass is 9.59. The Hall–Kier alpha value is -1.52. The molecule has 1 aromatic carbocycles. The number of allylic oxidation sites excluding steroid dienone is 1. The van der Waals surface area contributed by atoms with Crippen molar-refractivity contribution in [1.29, 1.82) is 0 Å². The van der Waals surface area contributed by atoms with E-state index in [1.54, 1.807) is 5.57 Å². The summed E-state index contributed by atoms with van der Waals surface area (Å²) in [6.45, 7) is 9.50. The van der Waals surface area contributed by atoms with Gasteiger partial charge in [-0.05, 0) is 54.9 Å². The third-order valence-electron chi connectivity index (χ3n) is 8.10. The van der Waals surface area contributed by atoms with Crippen molar-refractivity contribution in [3.8, 4) is 0 Å². The Morgan fingerprint density at radius 2 is 1.90 bits per heavy atom. The lowest BCUT2D eigenvalue weighted by Crippen LogP contribution is -2.49. The summed E-state index contributed by atoms with van der Waals surface area (Å²) in [5, 5.41) is 0.775. The summed E-state index contributed by atoms with van der Waals surface area (Å²) in [4.78, 5) is 17.7. The molecule has 5 atom stereocenters. The molecule has 5 rings (SSSR count). The van der Waals surface area contributed by atoms with Crippen molar-refractivity contribution < 1.29 is 9.53 Å². The first-order valence-corrected chi connectivity index (χ1v) is 12.0. The molecule has 1 saturated carbocycles. The Morgan fingerprint density at radius 3 is 2.63 bits per heavy atom. The lowest BCUT2D eigenvalue weighted by molar-refractivity contribution is -0.145. The number of piperazine rings is 1. The van der Waals surface area contributed by atoms with Gasteiger partial charge in [-0.15, -0.1) is 0 Å². The molecular weight excluding hydrogens is 396 g/mol. The lowest BCUT2D eigenvalue weighted by Gasteiger charge is -2.46. The Labute approximate surface area is 185 Å². The van der Waals surface area contributed by atoms with E-state index in [1.165, 1.54) is 24.9 Å². The fourth-order valence-corrected chi connectivity index (χ4v) is 6.50. The number of nitrogens with zero attached hydrogens (tertiary/aromatic N) is 2. The van der Waals surface area contributed by atoms with Crippen molar-refractivity contribution in [2.45, 2.75) is 45.6 Å². The van der Waals surface area contributed by atoms with Crippen LogP contribution >= 0.6 is 11.6 Å². The van der Waals surface area contributed by atoms with Gasteiger partial charge in [0.2, 0.25) is 0 Å². The van der Waals surface area contributed by atoms with E-state index in [2.05, 4.69) is 41.9 Å². The van der Waals surface area contributed by atoms with E-state index in [0.717, 1.165) is 44.2 Å². The van der Waals surface area contributed by atoms with E-state index < -0.39 is 0 Å². The second-order valence-corrected chi connectivity index (χ2v) is 10.5. The van der Waals surface area contributed by atoms with E-state index in [4.69, 9.17) is 16.3 Å². The van der Waals surface area contributed by atoms with Crippen LogP contribution in [0.1, 0.15) is 39.5 Å². The SMILES string of the molecule is CC1CCCC2(C)CC3OC(=O)C(CN4CCN(c5ccc(Cl)cc5)CC4)C3C=C12. The number of benzene rings is 1. The minimum Gasteiger partial charge on any atom is -0.461 e. The Morgan fingerprint density at radius 1 is 1.17 bits per heavy atom. The number of halogens is 1. The molecule has 2 aliphatic carbocycles. The molecule has 30 heavy (non-hydrogen) atoms. The van der Waals surface area contributed by atoms with Crippen LogP contribution in [0.5, 0.6) is 0 Å². The zero-order valence-electron chi connectivity index (χ0n) is 18.1. The zero-order valence-corrected chi connectivity index (χ0v) is 18.9. The molecule has 0 radical (unpaired) electrons. The van der Waals surface area contributed by atoms with Crippen LogP contribution in [0.4, 0.5) is 5.69 Å². The predicted molar refractivity (Wildman–Crippen MR) is 121 cm³/mol. The van der Waals surface area contributed by atoms with Crippen molar-refractivity contribution in [1.82, 2.24) is 4.90 Å². The summed E-state index contributed by atoms with van der Waals surface area (Å²) in [7, 11) is 0. The molecular formula is C25H33ClN2O2. The summed E-state index contributed by atoms with van der Waals surface area (Å²) in [5.74, 6) is 0.916.